The van der Waals surface area contributed by atoms with E-state index in [0.29, 0.717) is 11.3 Å². The minimum absolute atomic E-state index is 0.149. The van der Waals surface area contributed by atoms with Crippen molar-refractivity contribution in [1.82, 2.24) is 19.3 Å². The van der Waals surface area contributed by atoms with E-state index in [9.17, 15) is 8.42 Å². The van der Waals surface area contributed by atoms with Gasteiger partial charge < -0.3 is 4.98 Å². The summed E-state index contributed by atoms with van der Waals surface area (Å²) in [4.78, 5) is 13.6. The highest BCUT2D eigenvalue weighted by Crippen LogP contribution is 2.33. The lowest BCUT2D eigenvalue weighted by Crippen LogP contribution is -2.31. The van der Waals surface area contributed by atoms with Gasteiger partial charge in [0.05, 0.1) is 22.1 Å². The predicted molar refractivity (Wildman–Crippen MR) is 129 cm³/mol. The fourth-order valence-electron chi connectivity index (χ4n) is 3.93. The molecule has 1 aromatic carbocycles. The van der Waals surface area contributed by atoms with E-state index in [4.69, 9.17) is 0 Å². The van der Waals surface area contributed by atoms with Gasteiger partial charge in [-0.2, -0.15) is 4.31 Å². The maximum atomic E-state index is 13.4. The summed E-state index contributed by atoms with van der Waals surface area (Å²) in [6.45, 7) is 4.04. The number of thiophene rings is 1. The molecule has 3 heterocycles. The highest BCUT2D eigenvalue weighted by molar-refractivity contribution is 7.89. The standard InChI is InChI=1S/C24H28N4O2S2/c1-4-5-7-22(23-8-6-15-31-23)28(3)32(29,30)19-11-9-18(10-12-19)16-21-24-20(13-14-25-21)26-17(2)27-24/h6,8-15,22H,4-5,7,16H2,1-3H3,(H,26,27). The number of hydrogen-bond donors (Lipinski definition) is 1. The van der Waals surface area contributed by atoms with E-state index in [1.807, 2.05) is 42.6 Å². The quantitative estimate of drug-likeness (QED) is 0.353. The number of hydrogen-bond acceptors (Lipinski definition) is 5. The Labute approximate surface area is 193 Å². The Kier molecular flexibility index (Phi) is 6.74. The largest absolute Gasteiger partial charge is 0.342 e. The highest BCUT2D eigenvalue weighted by atomic mass is 32.2. The van der Waals surface area contributed by atoms with Crippen LogP contribution in [-0.4, -0.2) is 34.7 Å². The van der Waals surface area contributed by atoms with Gasteiger partial charge in [0.2, 0.25) is 10.0 Å². The number of imidazole rings is 1. The number of nitrogens with one attached hydrogen (secondary N) is 1. The van der Waals surface area contributed by atoms with Crippen LogP contribution in [0, 0.1) is 6.92 Å². The van der Waals surface area contributed by atoms with E-state index in [2.05, 4.69) is 21.9 Å². The molecule has 4 aromatic rings. The van der Waals surface area contributed by atoms with Crippen LogP contribution in [0.3, 0.4) is 0 Å². The van der Waals surface area contributed by atoms with Crippen LogP contribution in [0.1, 0.15) is 54.2 Å². The first kappa shape index (κ1) is 22.6. The zero-order valence-corrected chi connectivity index (χ0v) is 20.2. The number of aromatic nitrogens is 3. The molecule has 1 atom stereocenters. The van der Waals surface area contributed by atoms with Crippen molar-refractivity contribution in [3.8, 4) is 0 Å². The van der Waals surface area contributed by atoms with Crippen molar-refractivity contribution >= 4 is 32.4 Å². The third-order valence-electron chi connectivity index (χ3n) is 5.71. The van der Waals surface area contributed by atoms with E-state index < -0.39 is 10.0 Å². The van der Waals surface area contributed by atoms with Crippen LogP contribution in [0.5, 0.6) is 0 Å². The van der Waals surface area contributed by atoms with Crippen LogP contribution in [0.15, 0.2) is 58.9 Å². The molecule has 0 saturated heterocycles. The molecule has 168 valence electrons. The topological polar surface area (TPSA) is 79.0 Å². The van der Waals surface area contributed by atoms with Gasteiger partial charge in [-0.15, -0.1) is 11.3 Å². The number of fused-ring (bicyclic) bond motifs is 1. The molecule has 32 heavy (non-hydrogen) atoms. The Balaban J connectivity index is 1.56. The molecule has 1 N–H and O–H groups in total. The molecule has 0 spiro atoms. The van der Waals surface area contributed by atoms with Crippen LogP contribution in [-0.2, 0) is 16.4 Å². The summed E-state index contributed by atoms with van der Waals surface area (Å²) in [5.41, 5.74) is 3.68. The van der Waals surface area contributed by atoms with Gasteiger partial charge in [-0.3, -0.25) is 4.98 Å². The number of unbranched alkanes of at least 4 members (excludes halogenated alkanes) is 1. The molecule has 0 radical (unpaired) electrons. The second kappa shape index (κ2) is 9.52. The number of H-pyrrole nitrogens is 1. The summed E-state index contributed by atoms with van der Waals surface area (Å²) in [5, 5.41) is 2.00. The number of nitrogens with zero attached hydrogens (tertiary/aromatic N) is 3. The Hall–Kier alpha value is -2.55. The van der Waals surface area contributed by atoms with Gasteiger partial charge in [0.25, 0.3) is 0 Å². The second-order valence-corrected chi connectivity index (χ2v) is 11.0. The summed E-state index contributed by atoms with van der Waals surface area (Å²) in [7, 11) is -1.92. The number of benzene rings is 1. The van der Waals surface area contributed by atoms with E-state index in [-0.39, 0.29) is 6.04 Å². The molecule has 0 amide bonds. The monoisotopic (exact) mass is 468 g/mol. The van der Waals surface area contributed by atoms with Crippen LogP contribution < -0.4 is 0 Å². The van der Waals surface area contributed by atoms with E-state index in [0.717, 1.165) is 52.3 Å². The number of rotatable bonds is 9. The lowest BCUT2D eigenvalue weighted by Gasteiger charge is -2.27. The minimum atomic E-state index is -3.61. The Morgan fingerprint density at radius 3 is 2.62 bits per heavy atom. The Morgan fingerprint density at radius 1 is 1.16 bits per heavy atom. The smallest absolute Gasteiger partial charge is 0.243 e. The van der Waals surface area contributed by atoms with Gasteiger partial charge >= 0.3 is 0 Å². The fourth-order valence-corrected chi connectivity index (χ4v) is 6.27. The first-order valence-corrected chi connectivity index (χ1v) is 13.1. The van der Waals surface area contributed by atoms with Crippen LogP contribution >= 0.6 is 11.3 Å². The predicted octanol–water partition coefficient (Wildman–Crippen LogP) is 5.47. The molecular weight excluding hydrogens is 440 g/mol. The van der Waals surface area contributed by atoms with Gasteiger partial charge in [0.1, 0.15) is 11.3 Å². The molecule has 4 rings (SSSR count). The lowest BCUT2D eigenvalue weighted by atomic mass is 10.1. The molecule has 0 saturated carbocycles. The average molecular weight is 469 g/mol. The van der Waals surface area contributed by atoms with Crippen LogP contribution in [0.25, 0.3) is 11.0 Å². The molecule has 0 aliphatic rings. The summed E-state index contributed by atoms with van der Waals surface area (Å²) in [6, 6.07) is 12.9. The van der Waals surface area contributed by atoms with Gasteiger partial charge in [-0.05, 0) is 48.6 Å². The first-order chi connectivity index (χ1) is 15.4. The van der Waals surface area contributed by atoms with Crippen molar-refractivity contribution in [3.63, 3.8) is 0 Å². The molecule has 6 nitrogen and oxygen atoms in total. The van der Waals surface area contributed by atoms with E-state index in [1.54, 1.807) is 36.7 Å². The molecule has 0 fully saturated rings. The van der Waals surface area contributed by atoms with Crippen molar-refractivity contribution in [3.05, 3.63) is 76.0 Å². The maximum absolute atomic E-state index is 13.4. The number of aromatic amines is 1. The van der Waals surface area contributed by atoms with Crippen molar-refractivity contribution in [2.45, 2.75) is 50.5 Å². The van der Waals surface area contributed by atoms with Gasteiger partial charge in [0, 0.05) is 24.5 Å². The van der Waals surface area contributed by atoms with Crippen molar-refractivity contribution < 1.29 is 8.42 Å². The molecule has 0 bridgehead atoms. The molecular formula is C24H28N4O2S2. The fraction of sp³-hybridized carbons (Fsp3) is 0.333. The maximum Gasteiger partial charge on any atom is 0.243 e. The van der Waals surface area contributed by atoms with Crippen molar-refractivity contribution in [2.75, 3.05) is 7.05 Å². The molecule has 1 unspecified atom stereocenters. The SMILES string of the molecule is CCCCC(c1cccs1)N(C)S(=O)(=O)c1ccc(Cc2nccc3[nH]c(C)nc23)cc1. The molecule has 0 aliphatic carbocycles. The number of aryl methyl sites for hydroxylation is 1. The molecule has 3 aromatic heterocycles. The lowest BCUT2D eigenvalue weighted by molar-refractivity contribution is 0.354. The van der Waals surface area contributed by atoms with Crippen LogP contribution in [0.4, 0.5) is 0 Å². The number of pyridine rings is 1. The summed E-state index contributed by atoms with van der Waals surface area (Å²) < 4.78 is 28.3. The van der Waals surface area contributed by atoms with Crippen molar-refractivity contribution in [1.29, 1.82) is 0 Å². The van der Waals surface area contributed by atoms with Crippen molar-refractivity contribution in [2.24, 2.45) is 0 Å². The Morgan fingerprint density at radius 2 is 1.94 bits per heavy atom. The zero-order chi connectivity index (χ0) is 22.7. The third kappa shape index (κ3) is 4.62. The normalized spacial score (nSPS) is 13.1. The van der Waals surface area contributed by atoms with Gasteiger partial charge in [-0.1, -0.05) is 38.0 Å². The summed E-state index contributed by atoms with van der Waals surface area (Å²) >= 11 is 1.61. The Bertz CT molecular complexity index is 1280. The first-order valence-electron chi connectivity index (χ1n) is 10.8. The zero-order valence-electron chi connectivity index (χ0n) is 18.6. The van der Waals surface area contributed by atoms with Gasteiger partial charge in [0.15, 0.2) is 0 Å². The second-order valence-electron chi connectivity index (χ2n) is 7.99. The van der Waals surface area contributed by atoms with Gasteiger partial charge in [-0.25, -0.2) is 13.4 Å². The van der Waals surface area contributed by atoms with E-state index in [1.165, 1.54) is 4.31 Å². The number of sulfonamides is 1. The summed E-state index contributed by atoms with van der Waals surface area (Å²) in [6.07, 6.45) is 5.17. The summed E-state index contributed by atoms with van der Waals surface area (Å²) in [5.74, 6) is 0.849. The molecule has 0 aliphatic heterocycles. The van der Waals surface area contributed by atoms with Crippen LogP contribution in [0.2, 0.25) is 0 Å². The minimum Gasteiger partial charge on any atom is -0.342 e. The molecule has 8 heteroatoms. The third-order valence-corrected chi connectivity index (χ3v) is 8.56. The average Bonchev–Trinajstić information content (AvgIpc) is 3.44. The highest BCUT2D eigenvalue weighted by Gasteiger charge is 2.29. The van der Waals surface area contributed by atoms with E-state index >= 15 is 0 Å².